The van der Waals surface area contributed by atoms with Gasteiger partial charge in [0.1, 0.15) is 5.82 Å². The van der Waals surface area contributed by atoms with Crippen molar-refractivity contribution in [2.45, 2.75) is 39.7 Å². The summed E-state index contributed by atoms with van der Waals surface area (Å²) in [6.07, 6.45) is 3.68. The van der Waals surface area contributed by atoms with Gasteiger partial charge in [0.2, 0.25) is 5.95 Å². The molecule has 8 nitrogen and oxygen atoms in total. The standard InChI is InChI=1S/C21H29N7OS.C2H6/c1-3-30-28-12-10-27(11-13-28)17-8-6-16(7-9-17)26(2)21-23-14-18(19(22)29)20(25-21)24-15-4-5-15;1-2/h6-9,14-15H,3-5,10-13H2,1-2H3,(H2,22,29)(H,23,24,25);1-2H3. The molecule has 0 atom stereocenters. The third-order valence-electron chi connectivity index (χ3n) is 5.41. The maximum Gasteiger partial charge on any atom is 0.254 e. The number of amides is 1. The molecule has 0 spiro atoms. The van der Waals surface area contributed by atoms with Crippen molar-refractivity contribution in [1.29, 1.82) is 0 Å². The van der Waals surface area contributed by atoms with Crippen LogP contribution in [0.4, 0.5) is 23.1 Å². The zero-order valence-electron chi connectivity index (χ0n) is 19.5. The second kappa shape index (κ2) is 11.4. The van der Waals surface area contributed by atoms with Crippen LogP contribution in [0.1, 0.15) is 44.0 Å². The van der Waals surface area contributed by atoms with Crippen molar-refractivity contribution in [3.05, 3.63) is 36.0 Å². The van der Waals surface area contributed by atoms with Crippen LogP contribution < -0.4 is 20.9 Å². The van der Waals surface area contributed by atoms with Gasteiger partial charge >= 0.3 is 0 Å². The fourth-order valence-electron chi connectivity index (χ4n) is 3.51. The van der Waals surface area contributed by atoms with E-state index in [1.165, 1.54) is 11.9 Å². The molecule has 1 saturated heterocycles. The van der Waals surface area contributed by atoms with E-state index in [1.807, 2.05) is 37.7 Å². The summed E-state index contributed by atoms with van der Waals surface area (Å²) < 4.78 is 2.44. The fourth-order valence-corrected chi connectivity index (χ4v) is 4.29. The Bertz CT molecular complexity index is 880. The van der Waals surface area contributed by atoms with Gasteiger partial charge in [0.25, 0.3) is 5.91 Å². The van der Waals surface area contributed by atoms with Crippen molar-refractivity contribution in [2.24, 2.45) is 5.73 Å². The second-order valence-electron chi connectivity index (χ2n) is 7.62. The minimum atomic E-state index is -0.519. The molecule has 0 radical (unpaired) electrons. The summed E-state index contributed by atoms with van der Waals surface area (Å²) in [5.41, 5.74) is 8.03. The minimum Gasteiger partial charge on any atom is -0.369 e. The first-order chi connectivity index (χ1) is 15.5. The number of piperazine rings is 1. The molecule has 32 heavy (non-hydrogen) atoms. The Balaban J connectivity index is 0.00000141. The maximum atomic E-state index is 11.7. The molecule has 9 heteroatoms. The smallest absolute Gasteiger partial charge is 0.254 e. The van der Waals surface area contributed by atoms with E-state index in [-0.39, 0.29) is 0 Å². The normalized spacial score (nSPS) is 16.2. The molecule has 2 aromatic rings. The quantitative estimate of drug-likeness (QED) is 0.580. The summed E-state index contributed by atoms with van der Waals surface area (Å²) in [7, 11) is 1.93. The van der Waals surface area contributed by atoms with Gasteiger partial charge in [-0.25, -0.2) is 9.29 Å². The van der Waals surface area contributed by atoms with Gasteiger partial charge in [-0.1, -0.05) is 32.7 Å². The number of rotatable bonds is 8. The highest BCUT2D eigenvalue weighted by atomic mass is 32.2. The molecule has 1 aromatic carbocycles. The SMILES string of the molecule is CC.CCSN1CCN(c2ccc(N(C)c3ncc(C(N)=O)c(NC4CC4)n3)cc2)CC1. The predicted molar refractivity (Wildman–Crippen MR) is 135 cm³/mol. The average molecular weight is 458 g/mol. The van der Waals surface area contributed by atoms with Crippen molar-refractivity contribution < 1.29 is 4.79 Å². The van der Waals surface area contributed by atoms with Crippen LogP contribution in [-0.4, -0.2) is 65.2 Å². The third kappa shape index (κ3) is 6.04. The number of carbonyl (C=O) groups is 1. The van der Waals surface area contributed by atoms with Crippen LogP contribution in [0.25, 0.3) is 0 Å². The van der Waals surface area contributed by atoms with Crippen LogP contribution in [0.5, 0.6) is 0 Å². The molecule has 4 rings (SSSR count). The van der Waals surface area contributed by atoms with Gasteiger partial charge in [-0.2, -0.15) is 4.98 Å². The fraction of sp³-hybridized carbons (Fsp3) is 0.522. The molecular weight excluding hydrogens is 422 g/mol. The molecule has 1 aliphatic heterocycles. The van der Waals surface area contributed by atoms with E-state index in [0.717, 1.165) is 50.5 Å². The number of aromatic nitrogens is 2. The van der Waals surface area contributed by atoms with Crippen LogP contribution in [0.15, 0.2) is 30.5 Å². The van der Waals surface area contributed by atoms with Crippen molar-refractivity contribution in [3.63, 3.8) is 0 Å². The molecule has 2 heterocycles. The summed E-state index contributed by atoms with van der Waals surface area (Å²) in [4.78, 5) is 25.0. The highest BCUT2D eigenvalue weighted by Crippen LogP contribution is 2.29. The number of primary amides is 1. The number of benzene rings is 1. The molecule has 1 saturated carbocycles. The second-order valence-corrected chi connectivity index (χ2v) is 8.98. The molecule has 174 valence electrons. The van der Waals surface area contributed by atoms with Crippen LogP contribution in [0, 0.1) is 0 Å². The summed E-state index contributed by atoms with van der Waals surface area (Å²) in [5.74, 6) is 1.65. The van der Waals surface area contributed by atoms with Gasteiger partial charge in [-0.05, 0) is 37.1 Å². The van der Waals surface area contributed by atoms with Gasteiger partial charge in [-0.15, -0.1) is 0 Å². The van der Waals surface area contributed by atoms with Crippen LogP contribution in [0.2, 0.25) is 0 Å². The summed E-state index contributed by atoms with van der Waals surface area (Å²) in [6.45, 7) is 10.4. The Morgan fingerprint density at radius 2 is 1.84 bits per heavy atom. The Kier molecular flexibility index (Phi) is 8.58. The maximum absolute atomic E-state index is 11.7. The van der Waals surface area contributed by atoms with Gasteiger partial charge in [-0.3, -0.25) is 4.79 Å². The van der Waals surface area contributed by atoms with E-state index in [4.69, 9.17) is 5.73 Å². The first-order valence-electron chi connectivity index (χ1n) is 11.4. The van der Waals surface area contributed by atoms with Crippen molar-refractivity contribution in [3.8, 4) is 0 Å². The number of nitrogens with zero attached hydrogens (tertiary/aromatic N) is 5. The molecular formula is C23H35N7OS. The van der Waals surface area contributed by atoms with Crippen molar-refractivity contribution >= 4 is 41.0 Å². The first kappa shape index (κ1) is 24.1. The molecule has 2 aliphatic rings. The molecule has 3 N–H and O–H groups in total. The monoisotopic (exact) mass is 457 g/mol. The third-order valence-corrected chi connectivity index (χ3v) is 6.40. The lowest BCUT2D eigenvalue weighted by atomic mass is 10.2. The van der Waals surface area contributed by atoms with E-state index in [1.54, 1.807) is 0 Å². The van der Waals surface area contributed by atoms with Gasteiger partial charge in [0.05, 0.1) is 5.56 Å². The highest BCUT2D eigenvalue weighted by Gasteiger charge is 2.25. The highest BCUT2D eigenvalue weighted by molar-refractivity contribution is 7.96. The topological polar surface area (TPSA) is 90.6 Å². The van der Waals surface area contributed by atoms with E-state index >= 15 is 0 Å². The molecule has 1 aromatic heterocycles. The zero-order valence-corrected chi connectivity index (χ0v) is 20.4. The number of anilines is 4. The molecule has 1 amide bonds. The van der Waals surface area contributed by atoms with Gasteiger partial charge in [0.15, 0.2) is 0 Å². The average Bonchev–Trinajstić information content (AvgIpc) is 3.65. The van der Waals surface area contributed by atoms with Crippen LogP contribution >= 0.6 is 11.9 Å². The van der Waals surface area contributed by atoms with Gasteiger partial charge < -0.3 is 20.9 Å². The number of carbonyl (C=O) groups excluding carboxylic acids is 1. The molecule has 0 bridgehead atoms. The molecule has 2 fully saturated rings. The summed E-state index contributed by atoms with van der Waals surface area (Å²) in [5, 5.41) is 3.29. The lowest BCUT2D eigenvalue weighted by molar-refractivity contribution is 0.100. The molecule has 0 unspecified atom stereocenters. The van der Waals surface area contributed by atoms with Crippen molar-refractivity contribution in [2.75, 3.05) is 54.1 Å². The van der Waals surface area contributed by atoms with Crippen LogP contribution in [0.3, 0.4) is 0 Å². The summed E-state index contributed by atoms with van der Waals surface area (Å²) >= 11 is 1.92. The van der Waals surface area contributed by atoms with E-state index in [0.29, 0.717) is 23.4 Å². The lowest BCUT2D eigenvalue weighted by Crippen LogP contribution is -2.43. The van der Waals surface area contributed by atoms with E-state index in [2.05, 4.69) is 55.7 Å². The number of hydrogen-bond acceptors (Lipinski definition) is 8. The Labute approximate surface area is 195 Å². The van der Waals surface area contributed by atoms with Crippen LogP contribution in [-0.2, 0) is 0 Å². The molecule has 1 aliphatic carbocycles. The predicted octanol–water partition coefficient (Wildman–Crippen LogP) is 3.73. The van der Waals surface area contributed by atoms with E-state index < -0.39 is 5.91 Å². The number of hydrogen-bond donors (Lipinski definition) is 2. The number of nitrogens with two attached hydrogens (primary N) is 1. The summed E-state index contributed by atoms with van der Waals surface area (Å²) in [6, 6.07) is 8.83. The Morgan fingerprint density at radius 1 is 1.19 bits per heavy atom. The number of nitrogens with one attached hydrogen (secondary N) is 1. The van der Waals surface area contributed by atoms with E-state index in [9.17, 15) is 4.79 Å². The minimum absolute atomic E-state index is 0.328. The van der Waals surface area contributed by atoms with Crippen molar-refractivity contribution in [1.82, 2.24) is 14.3 Å². The lowest BCUT2D eigenvalue weighted by Gasteiger charge is -2.35. The first-order valence-corrected chi connectivity index (χ1v) is 12.4. The zero-order chi connectivity index (χ0) is 23.1. The largest absolute Gasteiger partial charge is 0.369 e. The Hall–Kier alpha value is -2.52. The van der Waals surface area contributed by atoms with Gasteiger partial charge in [0, 0.05) is 62.6 Å². The Morgan fingerprint density at radius 3 is 2.41 bits per heavy atom.